The molecule has 2 heterocycles. The molecule has 0 saturated carbocycles. The van der Waals surface area contributed by atoms with E-state index in [2.05, 4.69) is 17.2 Å². The van der Waals surface area contributed by atoms with Crippen molar-refractivity contribution in [3.05, 3.63) is 95.2 Å². The maximum absolute atomic E-state index is 14.0. The summed E-state index contributed by atoms with van der Waals surface area (Å²) >= 11 is 0. The highest BCUT2D eigenvalue weighted by Crippen LogP contribution is 2.37. The number of ether oxygens (including phenoxy) is 1. The molecule has 2 aliphatic heterocycles. The van der Waals surface area contributed by atoms with E-state index in [0.717, 1.165) is 16.7 Å². The third-order valence-electron chi connectivity index (χ3n) is 6.49. The number of benzene rings is 2. The zero-order valence-electron chi connectivity index (χ0n) is 20.7. The summed E-state index contributed by atoms with van der Waals surface area (Å²) in [5.41, 5.74) is 3.89. The van der Waals surface area contributed by atoms with Crippen molar-refractivity contribution in [1.29, 1.82) is 0 Å². The van der Waals surface area contributed by atoms with Crippen LogP contribution in [-0.4, -0.2) is 67.0 Å². The summed E-state index contributed by atoms with van der Waals surface area (Å²) in [5.74, 6) is -0.515. The highest BCUT2D eigenvalue weighted by atomic mass is 16.5. The summed E-state index contributed by atoms with van der Waals surface area (Å²) in [4.78, 5) is 43.5. The molecule has 0 radical (unpaired) electrons. The highest BCUT2D eigenvalue weighted by Gasteiger charge is 2.46. The molecule has 4 rings (SSSR count). The van der Waals surface area contributed by atoms with E-state index >= 15 is 0 Å². The lowest BCUT2D eigenvalue weighted by Gasteiger charge is -2.33. The standard InChI is InChI=1S/C28H32N4O4/c1-4-14-31-23-18-32(22(26(33)29-13-15-36-3)17-20-10-6-5-7-11-20)27(34)24(23)25(30-28(31)35)21-12-8-9-19(2)16-21/h4-12,16,22,25H,1,13-15,17-18H2,2-3H3,(H,29,33)(H,30,35)/t22-,25-/m1/s1. The Bertz CT molecular complexity index is 1180. The summed E-state index contributed by atoms with van der Waals surface area (Å²) in [5, 5.41) is 5.88. The molecule has 2 aromatic rings. The number of carbonyl (C=O) groups excluding carboxylic acids is 3. The van der Waals surface area contributed by atoms with Crippen molar-refractivity contribution in [3.8, 4) is 0 Å². The second-order valence-corrected chi connectivity index (χ2v) is 8.98. The van der Waals surface area contributed by atoms with Gasteiger partial charge in [-0.2, -0.15) is 0 Å². The Morgan fingerprint density at radius 1 is 1.22 bits per heavy atom. The van der Waals surface area contributed by atoms with Crippen LogP contribution in [0.5, 0.6) is 0 Å². The molecule has 0 aliphatic carbocycles. The number of urea groups is 1. The Hall–Kier alpha value is -3.91. The van der Waals surface area contributed by atoms with Crippen LogP contribution in [0.3, 0.4) is 0 Å². The van der Waals surface area contributed by atoms with Crippen molar-refractivity contribution in [2.75, 3.05) is 33.4 Å². The second kappa shape index (κ2) is 11.2. The van der Waals surface area contributed by atoms with E-state index in [9.17, 15) is 14.4 Å². The number of methoxy groups -OCH3 is 1. The van der Waals surface area contributed by atoms with Crippen molar-refractivity contribution in [2.24, 2.45) is 0 Å². The van der Waals surface area contributed by atoms with Gasteiger partial charge >= 0.3 is 6.03 Å². The summed E-state index contributed by atoms with van der Waals surface area (Å²) < 4.78 is 5.07. The molecule has 36 heavy (non-hydrogen) atoms. The Morgan fingerprint density at radius 2 is 2.00 bits per heavy atom. The van der Waals surface area contributed by atoms with Crippen molar-refractivity contribution in [2.45, 2.75) is 25.4 Å². The van der Waals surface area contributed by atoms with Crippen LogP contribution < -0.4 is 10.6 Å². The minimum Gasteiger partial charge on any atom is -0.383 e. The van der Waals surface area contributed by atoms with Gasteiger partial charge in [0.2, 0.25) is 5.91 Å². The molecule has 0 spiro atoms. The van der Waals surface area contributed by atoms with Gasteiger partial charge in [-0.25, -0.2) is 4.79 Å². The predicted octanol–water partition coefficient (Wildman–Crippen LogP) is 2.72. The van der Waals surface area contributed by atoms with Gasteiger partial charge in [-0.05, 0) is 18.1 Å². The lowest BCUT2D eigenvalue weighted by atomic mass is 9.94. The van der Waals surface area contributed by atoms with Gasteiger partial charge in [0.15, 0.2) is 0 Å². The zero-order chi connectivity index (χ0) is 25.7. The van der Waals surface area contributed by atoms with Crippen LogP contribution in [0.25, 0.3) is 0 Å². The van der Waals surface area contributed by atoms with Gasteiger partial charge in [0, 0.05) is 26.6 Å². The number of nitrogens with one attached hydrogen (secondary N) is 2. The first-order valence-electron chi connectivity index (χ1n) is 12.0. The molecular weight excluding hydrogens is 456 g/mol. The molecule has 8 nitrogen and oxygen atoms in total. The molecule has 0 aromatic heterocycles. The van der Waals surface area contributed by atoms with Crippen LogP contribution in [0.1, 0.15) is 22.7 Å². The minimum absolute atomic E-state index is 0.160. The first-order chi connectivity index (χ1) is 17.4. The van der Waals surface area contributed by atoms with Crippen LogP contribution in [-0.2, 0) is 20.7 Å². The molecule has 2 aromatic carbocycles. The van der Waals surface area contributed by atoms with Crippen LogP contribution >= 0.6 is 0 Å². The molecule has 2 aliphatic rings. The van der Waals surface area contributed by atoms with Gasteiger partial charge in [0.05, 0.1) is 30.5 Å². The van der Waals surface area contributed by atoms with Gasteiger partial charge in [-0.3, -0.25) is 14.5 Å². The third-order valence-corrected chi connectivity index (χ3v) is 6.49. The molecule has 0 bridgehead atoms. The number of hydrogen-bond acceptors (Lipinski definition) is 4. The molecule has 0 unspecified atom stereocenters. The van der Waals surface area contributed by atoms with E-state index in [1.165, 1.54) is 4.90 Å². The summed E-state index contributed by atoms with van der Waals surface area (Å²) in [6, 6.07) is 15.7. The van der Waals surface area contributed by atoms with Crippen molar-refractivity contribution < 1.29 is 19.1 Å². The first-order valence-corrected chi connectivity index (χ1v) is 12.0. The zero-order valence-corrected chi connectivity index (χ0v) is 20.7. The monoisotopic (exact) mass is 488 g/mol. The highest BCUT2D eigenvalue weighted by molar-refractivity contribution is 6.03. The van der Waals surface area contributed by atoms with Crippen LogP contribution in [0, 0.1) is 6.92 Å². The van der Waals surface area contributed by atoms with E-state index in [-0.39, 0.29) is 30.9 Å². The molecule has 188 valence electrons. The largest absolute Gasteiger partial charge is 0.383 e. The molecule has 2 atom stereocenters. The quantitative estimate of drug-likeness (QED) is 0.398. The Balaban J connectivity index is 1.71. The second-order valence-electron chi connectivity index (χ2n) is 8.98. The van der Waals surface area contributed by atoms with E-state index in [0.29, 0.717) is 30.8 Å². The Morgan fingerprint density at radius 3 is 2.69 bits per heavy atom. The number of aryl methyl sites for hydroxylation is 1. The fourth-order valence-corrected chi connectivity index (χ4v) is 4.76. The number of carbonyl (C=O) groups is 3. The number of rotatable bonds is 10. The average Bonchev–Trinajstić information content (AvgIpc) is 3.21. The molecular formula is C28H32N4O4. The summed E-state index contributed by atoms with van der Waals surface area (Å²) in [7, 11) is 1.57. The van der Waals surface area contributed by atoms with Gasteiger partial charge in [-0.1, -0.05) is 66.2 Å². The van der Waals surface area contributed by atoms with Crippen LogP contribution in [0.15, 0.2) is 78.5 Å². The molecule has 2 N–H and O–H groups in total. The van der Waals surface area contributed by atoms with Crippen molar-refractivity contribution >= 4 is 17.8 Å². The lowest BCUT2D eigenvalue weighted by Crippen LogP contribution is -2.50. The van der Waals surface area contributed by atoms with E-state index in [1.807, 2.05) is 61.5 Å². The maximum Gasteiger partial charge on any atom is 0.322 e. The predicted molar refractivity (Wildman–Crippen MR) is 137 cm³/mol. The fraction of sp³-hybridized carbons (Fsp3) is 0.321. The van der Waals surface area contributed by atoms with Gasteiger partial charge in [-0.15, -0.1) is 6.58 Å². The van der Waals surface area contributed by atoms with Crippen LogP contribution in [0.2, 0.25) is 0 Å². The van der Waals surface area contributed by atoms with E-state index < -0.39 is 12.1 Å². The van der Waals surface area contributed by atoms with Crippen LogP contribution in [0.4, 0.5) is 4.79 Å². The first kappa shape index (κ1) is 25.2. The molecule has 8 heteroatoms. The topological polar surface area (TPSA) is 91.0 Å². The summed E-state index contributed by atoms with van der Waals surface area (Å²) in [6.45, 7) is 6.87. The van der Waals surface area contributed by atoms with Gasteiger partial charge in [0.25, 0.3) is 5.91 Å². The van der Waals surface area contributed by atoms with Gasteiger partial charge in [0.1, 0.15) is 6.04 Å². The molecule has 0 saturated heterocycles. The minimum atomic E-state index is -0.749. The maximum atomic E-state index is 14.0. The number of amides is 4. The third kappa shape index (κ3) is 5.18. The van der Waals surface area contributed by atoms with E-state index in [4.69, 9.17) is 4.74 Å². The summed E-state index contributed by atoms with van der Waals surface area (Å²) in [6.07, 6.45) is 1.98. The van der Waals surface area contributed by atoms with Crippen molar-refractivity contribution in [1.82, 2.24) is 20.4 Å². The Labute approximate surface area is 211 Å². The number of nitrogens with zero attached hydrogens (tertiary/aromatic N) is 2. The van der Waals surface area contributed by atoms with Crippen molar-refractivity contribution in [3.63, 3.8) is 0 Å². The van der Waals surface area contributed by atoms with Gasteiger partial charge < -0.3 is 20.3 Å². The molecule has 0 fully saturated rings. The number of hydrogen-bond donors (Lipinski definition) is 2. The Kier molecular flexibility index (Phi) is 7.85. The smallest absolute Gasteiger partial charge is 0.322 e. The van der Waals surface area contributed by atoms with E-state index in [1.54, 1.807) is 18.1 Å². The fourth-order valence-electron chi connectivity index (χ4n) is 4.76. The molecule has 4 amide bonds. The normalized spacial score (nSPS) is 18.1. The SMILES string of the molecule is C=CCN1C(=O)N[C@H](c2cccc(C)c2)C2=C1CN([C@H](Cc1ccccc1)C(=O)NCCOC)C2=O. The lowest BCUT2D eigenvalue weighted by molar-refractivity contribution is -0.136. The average molecular weight is 489 g/mol.